The Balaban J connectivity index is 1.79. The monoisotopic (exact) mass is 346 g/mol. The summed E-state index contributed by atoms with van der Waals surface area (Å²) in [5, 5.41) is 14.5. The fraction of sp³-hybridized carbons (Fsp3) is 0.353. The number of para-hydroxylation sites is 1. The Morgan fingerprint density at radius 1 is 1.25 bits per heavy atom. The molecule has 0 atom stereocenters. The van der Waals surface area contributed by atoms with E-state index in [4.69, 9.17) is 11.6 Å². The van der Waals surface area contributed by atoms with Crippen molar-refractivity contribution in [1.82, 2.24) is 4.98 Å². The van der Waals surface area contributed by atoms with Gasteiger partial charge < -0.3 is 10.2 Å². The summed E-state index contributed by atoms with van der Waals surface area (Å²) < 4.78 is 0. The van der Waals surface area contributed by atoms with Crippen molar-refractivity contribution in [3.63, 3.8) is 0 Å². The maximum Gasteiger partial charge on any atom is 0.312 e. The van der Waals surface area contributed by atoms with Gasteiger partial charge in [0.15, 0.2) is 0 Å². The molecule has 0 aliphatic carbocycles. The molecule has 1 saturated heterocycles. The number of nitrogens with zero attached hydrogens (tertiary/aromatic N) is 3. The van der Waals surface area contributed by atoms with E-state index in [1.54, 1.807) is 0 Å². The lowest BCUT2D eigenvalue weighted by Gasteiger charge is -2.30. The van der Waals surface area contributed by atoms with Gasteiger partial charge in [0.2, 0.25) is 5.82 Å². The lowest BCUT2D eigenvalue weighted by atomic mass is 10.1. The highest BCUT2D eigenvalue weighted by atomic mass is 35.5. The predicted molar refractivity (Wildman–Crippen MR) is 95.7 cm³/mol. The molecule has 7 heteroatoms. The summed E-state index contributed by atoms with van der Waals surface area (Å²) in [6.07, 6.45) is 5.09. The number of piperidine rings is 1. The number of benzene rings is 1. The van der Waals surface area contributed by atoms with Crippen molar-refractivity contribution in [1.29, 1.82) is 0 Å². The molecular weight excluding hydrogens is 328 g/mol. The van der Waals surface area contributed by atoms with Gasteiger partial charge in [0.1, 0.15) is 0 Å². The second-order valence-electron chi connectivity index (χ2n) is 5.81. The summed E-state index contributed by atoms with van der Waals surface area (Å²) in [6, 6.07) is 9.46. The molecule has 0 spiro atoms. The molecule has 1 aromatic carbocycles. The molecule has 1 aromatic heterocycles. The second kappa shape index (κ2) is 7.49. The van der Waals surface area contributed by atoms with Crippen molar-refractivity contribution in [3.8, 4) is 0 Å². The van der Waals surface area contributed by atoms with Crippen LogP contribution in [-0.2, 0) is 6.54 Å². The standard InChI is InChI=1S/C17H19ClN4O2/c18-14-10-16(22(23)24)17(20-12-14)19-11-13-6-2-3-7-15(13)21-8-4-1-5-9-21/h2-3,6-7,10,12H,1,4-5,8-9,11H2,(H,19,20). The fourth-order valence-electron chi connectivity index (χ4n) is 2.99. The Morgan fingerprint density at radius 3 is 2.75 bits per heavy atom. The van der Waals surface area contributed by atoms with Crippen LogP contribution in [0, 0.1) is 10.1 Å². The molecule has 1 fully saturated rings. The van der Waals surface area contributed by atoms with E-state index in [0.29, 0.717) is 6.54 Å². The third-order valence-electron chi connectivity index (χ3n) is 4.17. The summed E-state index contributed by atoms with van der Waals surface area (Å²) in [5.74, 6) is 0.234. The molecule has 0 unspecified atom stereocenters. The lowest BCUT2D eigenvalue weighted by molar-refractivity contribution is -0.384. The summed E-state index contributed by atoms with van der Waals surface area (Å²) in [6.45, 7) is 2.58. The first kappa shape index (κ1) is 16.5. The number of hydrogen-bond acceptors (Lipinski definition) is 5. The van der Waals surface area contributed by atoms with Gasteiger partial charge in [-0.05, 0) is 30.9 Å². The van der Waals surface area contributed by atoms with Crippen LogP contribution in [0.3, 0.4) is 0 Å². The van der Waals surface area contributed by atoms with Crippen LogP contribution >= 0.6 is 11.6 Å². The van der Waals surface area contributed by atoms with Gasteiger partial charge >= 0.3 is 5.69 Å². The van der Waals surface area contributed by atoms with Crippen LogP contribution in [0.25, 0.3) is 0 Å². The third-order valence-corrected chi connectivity index (χ3v) is 4.37. The topological polar surface area (TPSA) is 71.3 Å². The number of hydrogen-bond donors (Lipinski definition) is 1. The highest BCUT2D eigenvalue weighted by Gasteiger charge is 2.18. The van der Waals surface area contributed by atoms with Gasteiger partial charge in [0.25, 0.3) is 0 Å². The number of pyridine rings is 1. The van der Waals surface area contributed by atoms with E-state index in [2.05, 4.69) is 21.3 Å². The van der Waals surface area contributed by atoms with Crippen molar-refractivity contribution in [2.75, 3.05) is 23.3 Å². The van der Waals surface area contributed by atoms with Crippen molar-refractivity contribution >= 4 is 28.8 Å². The van der Waals surface area contributed by atoms with Gasteiger partial charge in [0.05, 0.1) is 9.95 Å². The van der Waals surface area contributed by atoms with Gasteiger partial charge in [-0.1, -0.05) is 29.8 Å². The molecule has 3 rings (SSSR count). The maximum atomic E-state index is 11.2. The van der Waals surface area contributed by atoms with Gasteiger partial charge in [-0.2, -0.15) is 0 Å². The van der Waals surface area contributed by atoms with Gasteiger partial charge in [-0.15, -0.1) is 0 Å². The van der Waals surface area contributed by atoms with E-state index in [1.807, 2.05) is 18.2 Å². The zero-order chi connectivity index (χ0) is 16.9. The SMILES string of the molecule is O=[N+]([O-])c1cc(Cl)cnc1NCc1ccccc1N1CCCCC1. The smallest absolute Gasteiger partial charge is 0.312 e. The predicted octanol–water partition coefficient (Wildman–Crippen LogP) is 4.25. The van der Waals surface area contributed by atoms with Crippen molar-refractivity contribution in [3.05, 3.63) is 57.2 Å². The minimum absolute atomic E-state index is 0.113. The summed E-state index contributed by atoms with van der Waals surface area (Å²) in [5.41, 5.74) is 2.17. The molecule has 24 heavy (non-hydrogen) atoms. The normalized spacial score (nSPS) is 14.5. The van der Waals surface area contributed by atoms with Crippen molar-refractivity contribution in [2.45, 2.75) is 25.8 Å². The maximum absolute atomic E-state index is 11.2. The first-order chi connectivity index (χ1) is 11.6. The van der Waals surface area contributed by atoms with E-state index in [9.17, 15) is 10.1 Å². The Labute approximate surface area is 145 Å². The number of nitrogens with one attached hydrogen (secondary N) is 1. The zero-order valence-electron chi connectivity index (χ0n) is 13.2. The highest BCUT2D eigenvalue weighted by Crippen LogP contribution is 2.28. The van der Waals surface area contributed by atoms with Crippen LogP contribution in [-0.4, -0.2) is 23.0 Å². The average molecular weight is 347 g/mol. The highest BCUT2D eigenvalue weighted by molar-refractivity contribution is 6.30. The molecule has 0 saturated carbocycles. The van der Waals surface area contributed by atoms with Gasteiger partial charge in [-0.25, -0.2) is 4.98 Å². The molecule has 2 aromatic rings. The molecular formula is C17H19ClN4O2. The summed E-state index contributed by atoms with van der Waals surface area (Å²) >= 11 is 5.80. The first-order valence-electron chi connectivity index (χ1n) is 8.02. The van der Waals surface area contributed by atoms with E-state index < -0.39 is 4.92 Å². The minimum Gasteiger partial charge on any atom is -0.371 e. The van der Waals surface area contributed by atoms with Crippen LogP contribution in [0.5, 0.6) is 0 Å². The van der Waals surface area contributed by atoms with Crippen LogP contribution in [0.2, 0.25) is 5.02 Å². The molecule has 1 aliphatic rings. The number of rotatable bonds is 5. The van der Waals surface area contributed by atoms with Crippen LogP contribution in [0.15, 0.2) is 36.5 Å². The molecule has 1 N–H and O–H groups in total. The summed E-state index contributed by atoms with van der Waals surface area (Å²) in [4.78, 5) is 17.1. The molecule has 126 valence electrons. The lowest BCUT2D eigenvalue weighted by Crippen LogP contribution is -2.30. The fourth-order valence-corrected chi connectivity index (χ4v) is 3.14. The largest absolute Gasteiger partial charge is 0.371 e. The molecule has 1 aliphatic heterocycles. The quantitative estimate of drug-likeness (QED) is 0.647. The number of aromatic nitrogens is 1. The van der Waals surface area contributed by atoms with Crippen LogP contribution in [0.1, 0.15) is 24.8 Å². The number of nitro groups is 1. The Morgan fingerprint density at radius 2 is 2.00 bits per heavy atom. The minimum atomic E-state index is -0.474. The first-order valence-corrected chi connectivity index (χ1v) is 8.39. The molecule has 0 radical (unpaired) electrons. The van der Waals surface area contributed by atoms with Gasteiger partial charge in [0, 0.05) is 37.6 Å². The van der Waals surface area contributed by atoms with Gasteiger partial charge in [-0.3, -0.25) is 10.1 Å². The Kier molecular flexibility index (Phi) is 5.15. The summed E-state index contributed by atoms with van der Waals surface area (Å²) in [7, 11) is 0. The van der Waals surface area contributed by atoms with E-state index in [1.165, 1.54) is 37.2 Å². The van der Waals surface area contributed by atoms with E-state index in [0.717, 1.165) is 18.7 Å². The van der Waals surface area contributed by atoms with E-state index >= 15 is 0 Å². The molecule has 6 nitrogen and oxygen atoms in total. The van der Waals surface area contributed by atoms with E-state index in [-0.39, 0.29) is 16.5 Å². The number of anilines is 2. The zero-order valence-corrected chi connectivity index (χ0v) is 14.0. The third kappa shape index (κ3) is 3.76. The van der Waals surface area contributed by atoms with Crippen molar-refractivity contribution < 1.29 is 4.92 Å². The Bertz CT molecular complexity index is 732. The van der Waals surface area contributed by atoms with Crippen LogP contribution < -0.4 is 10.2 Å². The molecule has 2 heterocycles. The molecule has 0 amide bonds. The number of halogens is 1. The van der Waals surface area contributed by atoms with Crippen LogP contribution in [0.4, 0.5) is 17.2 Å². The Hall–Kier alpha value is -2.34. The second-order valence-corrected chi connectivity index (χ2v) is 6.24. The van der Waals surface area contributed by atoms with Crippen molar-refractivity contribution in [2.24, 2.45) is 0 Å². The molecule has 0 bridgehead atoms. The average Bonchev–Trinajstić information content (AvgIpc) is 2.61.